The number of carbonyl (C=O) groups excluding carboxylic acids is 1. The summed E-state index contributed by atoms with van der Waals surface area (Å²) in [5.74, 6) is -2.24. The van der Waals surface area contributed by atoms with Crippen molar-refractivity contribution in [3.05, 3.63) is 33.8 Å². The third-order valence-electron chi connectivity index (χ3n) is 2.38. The van der Waals surface area contributed by atoms with E-state index in [0.717, 1.165) is 17.0 Å². The average Bonchev–Trinajstić information content (AvgIpc) is 2.19. The monoisotopic (exact) mass is 293 g/mol. The molecule has 1 aliphatic heterocycles. The molecule has 0 bridgehead atoms. The SMILES string of the molecule is O=C(c1c(F)ccc(F)c1Br)N1CC(F)C1. The number of carbonyl (C=O) groups is 1. The van der Waals surface area contributed by atoms with Crippen molar-refractivity contribution in [3.63, 3.8) is 0 Å². The fourth-order valence-corrected chi connectivity index (χ4v) is 1.96. The van der Waals surface area contributed by atoms with Crippen LogP contribution in [0.1, 0.15) is 10.4 Å². The fraction of sp³-hybridized carbons (Fsp3) is 0.300. The number of amides is 1. The van der Waals surface area contributed by atoms with Crippen LogP contribution in [0.2, 0.25) is 0 Å². The van der Waals surface area contributed by atoms with Crippen molar-refractivity contribution in [2.75, 3.05) is 13.1 Å². The van der Waals surface area contributed by atoms with Gasteiger partial charge in [-0.2, -0.15) is 0 Å². The normalized spacial score (nSPS) is 16.1. The lowest BCUT2D eigenvalue weighted by atomic mass is 10.1. The maximum absolute atomic E-state index is 13.4. The number of rotatable bonds is 1. The van der Waals surface area contributed by atoms with Gasteiger partial charge in [-0.15, -0.1) is 0 Å². The smallest absolute Gasteiger partial charge is 0.258 e. The van der Waals surface area contributed by atoms with E-state index < -0.39 is 23.7 Å². The lowest BCUT2D eigenvalue weighted by Gasteiger charge is -2.34. The number of hydrogen-bond acceptors (Lipinski definition) is 1. The molecule has 1 saturated heterocycles. The van der Waals surface area contributed by atoms with Crippen molar-refractivity contribution in [2.24, 2.45) is 0 Å². The van der Waals surface area contributed by atoms with E-state index in [1.54, 1.807) is 0 Å². The summed E-state index contributed by atoms with van der Waals surface area (Å²) in [6.07, 6.45) is -1.07. The summed E-state index contributed by atoms with van der Waals surface area (Å²) in [5.41, 5.74) is -0.382. The third kappa shape index (κ3) is 1.81. The highest BCUT2D eigenvalue weighted by atomic mass is 79.9. The molecular formula is C10H7BrF3NO. The predicted octanol–water partition coefficient (Wildman–Crippen LogP) is 2.52. The Morgan fingerprint density at radius 1 is 1.31 bits per heavy atom. The van der Waals surface area contributed by atoms with Gasteiger partial charge in [0.15, 0.2) is 0 Å². The molecule has 1 aromatic carbocycles. The van der Waals surface area contributed by atoms with Gasteiger partial charge in [-0.05, 0) is 28.1 Å². The van der Waals surface area contributed by atoms with Gasteiger partial charge in [0.1, 0.15) is 17.8 Å². The molecule has 1 amide bonds. The molecule has 16 heavy (non-hydrogen) atoms. The van der Waals surface area contributed by atoms with Gasteiger partial charge < -0.3 is 4.90 Å². The van der Waals surface area contributed by atoms with Crippen LogP contribution in [-0.2, 0) is 0 Å². The van der Waals surface area contributed by atoms with Crippen molar-refractivity contribution in [2.45, 2.75) is 6.17 Å². The van der Waals surface area contributed by atoms with Crippen molar-refractivity contribution in [1.82, 2.24) is 4.90 Å². The molecular weight excluding hydrogens is 287 g/mol. The fourth-order valence-electron chi connectivity index (χ4n) is 1.47. The van der Waals surface area contributed by atoms with Crippen molar-refractivity contribution in [3.8, 4) is 0 Å². The Kier molecular flexibility index (Phi) is 2.92. The van der Waals surface area contributed by atoms with Gasteiger partial charge >= 0.3 is 0 Å². The van der Waals surface area contributed by atoms with E-state index in [1.807, 2.05) is 0 Å². The van der Waals surface area contributed by atoms with Gasteiger partial charge in [0, 0.05) is 0 Å². The van der Waals surface area contributed by atoms with Crippen molar-refractivity contribution >= 4 is 21.8 Å². The van der Waals surface area contributed by atoms with Crippen LogP contribution in [0.25, 0.3) is 0 Å². The maximum atomic E-state index is 13.4. The molecule has 0 N–H and O–H groups in total. The molecule has 0 unspecified atom stereocenters. The highest BCUT2D eigenvalue weighted by Gasteiger charge is 2.33. The number of benzene rings is 1. The number of alkyl halides is 1. The molecule has 0 aromatic heterocycles. The Hall–Kier alpha value is -1.04. The third-order valence-corrected chi connectivity index (χ3v) is 3.16. The lowest BCUT2D eigenvalue weighted by molar-refractivity contribution is 0.0394. The predicted molar refractivity (Wildman–Crippen MR) is 54.9 cm³/mol. The Bertz CT molecular complexity index is 446. The Labute approximate surface area is 98.2 Å². The second-order valence-corrected chi connectivity index (χ2v) is 4.32. The molecule has 1 aliphatic rings. The molecule has 2 nitrogen and oxygen atoms in total. The summed E-state index contributed by atoms with van der Waals surface area (Å²) in [5, 5.41) is 0. The zero-order valence-electron chi connectivity index (χ0n) is 8.01. The zero-order chi connectivity index (χ0) is 11.9. The van der Waals surface area contributed by atoms with E-state index >= 15 is 0 Å². The minimum Gasteiger partial charge on any atom is -0.333 e. The minimum atomic E-state index is -1.07. The first-order valence-corrected chi connectivity index (χ1v) is 5.37. The summed E-state index contributed by atoms with van der Waals surface area (Å²) in [4.78, 5) is 12.8. The zero-order valence-corrected chi connectivity index (χ0v) is 9.60. The molecule has 86 valence electrons. The summed E-state index contributed by atoms with van der Waals surface area (Å²) < 4.78 is 38.8. The topological polar surface area (TPSA) is 20.3 Å². The minimum absolute atomic E-state index is 0.0682. The number of nitrogens with zero attached hydrogens (tertiary/aromatic N) is 1. The van der Waals surface area contributed by atoms with Crippen LogP contribution in [-0.4, -0.2) is 30.1 Å². The highest BCUT2D eigenvalue weighted by Crippen LogP contribution is 2.26. The van der Waals surface area contributed by atoms with E-state index in [-0.39, 0.29) is 23.1 Å². The van der Waals surface area contributed by atoms with Crippen LogP contribution in [0, 0.1) is 11.6 Å². The first-order chi connectivity index (χ1) is 7.50. The molecule has 1 aromatic rings. The van der Waals surface area contributed by atoms with Crippen molar-refractivity contribution < 1.29 is 18.0 Å². The summed E-state index contributed by atoms with van der Waals surface area (Å²) in [6, 6.07) is 1.80. The van der Waals surface area contributed by atoms with Gasteiger partial charge in [-0.25, -0.2) is 13.2 Å². The van der Waals surface area contributed by atoms with Gasteiger partial charge in [0.25, 0.3) is 5.91 Å². The van der Waals surface area contributed by atoms with E-state index in [2.05, 4.69) is 15.9 Å². The lowest BCUT2D eigenvalue weighted by Crippen LogP contribution is -2.51. The van der Waals surface area contributed by atoms with Gasteiger partial charge in [0.2, 0.25) is 0 Å². The molecule has 0 radical (unpaired) electrons. The molecule has 6 heteroatoms. The van der Waals surface area contributed by atoms with Gasteiger partial charge in [0.05, 0.1) is 23.1 Å². The van der Waals surface area contributed by atoms with Crippen LogP contribution in [0.5, 0.6) is 0 Å². The Balaban J connectivity index is 2.33. The summed E-state index contributed by atoms with van der Waals surface area (Å²) in [7, 11) is 0. The van der Waals surface area contributed by atoms with E-state index in [1.165, 1.54) is 0 Å². The first kappa shape index (κ1) is 11.4. The van der Waals surface area contributed by atoms with E-state index in [4.69, 9.17) is 0 Å². The second-order valence-electron chi connectivity index (χ2n) is 3.53. The molecule has 2 rings (SSSR count). The molecule has 0 saturated carbocycles. The van der Waals surface area contributed by atoms with Gasteiger partial charge in [-0.3, -0.25) is 4.79 Å². The van der Waals surface area contributed by atoms with Crippen LogP contribution in [0.15, 0.2) is 16.6 Å². The average molecular weight is 294 g/mol. The number of hydrogen-bond donors (Lipinski definition) is 0. The molecule has 1 fully saturated rings. The van der Waals surface area contributed by atoms with Gasteiger partial charge in [-0.1, -0.05) is 0 Å². The summed E-state index contributed by atoms with van der Waals surface area (Å²) in [6.45, 7) is -0.136. The molecule has 0 atom stereocenters. The largest absolute Gasteiger partial charge is 0.333 e. The highest BCUT2D eigenvalue weighted by molar-refractivity contribution is 9.10. The van der Waals surface area contributed by atoms with Crippen molar-refractivity contribution in [1.29, 1.82) is 0 Å². The van der Waals surface area contributed by atoms with Crippen LogP contribution in [0.4, 0.5) is 13.2 Å². The standard InChI is InChI=1S/C10H7BrF3NO/c11-9-7(14)2-1-6(13)8(9)10(16)15-3-5(12)4-15/h1-2,5H,3-4H2. The molecule has 0 spiro atoms. The van der Waals surface area contributed by atoms with Crippen LogP contribution < -0.4 is 0 Å². The Morgan fingerprint density at radius 2 is 1.88 bits per heavy atom. The quantitative estimate of drug-likeness (QED) is 0.729. The molecule has 1 heterocycles. The van der Waals surface area contributed by atoms with E-state index in [0.29, 0.717) is 0 Å². The van der Waals surface area contributed by atoms with Crippen LogP contribution in [0.3, 0.4) is 0 Å². The second kappa shape index (κ2) is 4.08. The Morgan fingerprint density at radius 3 is 2.44 bits per heavy atom. The molecule has 0 aliphatic carbocycles. The first-order valence-electron chi connectivity index (χ1n) is 4.57. The number of likely N-dealkylation sites (tertiary alicyclic amines) is 1. The number of halogens is 4. The summed E-state index contributed by atoms with van der Waals surface area (Å²) >= 11 is 2.81. The maximum Gasteiger partial charge on any atom is 0.258 e. The van der Waals surface area contributed by atoms with E-state index in [9.17, 15) is 18.0 Å². The van der Waals surface area contributed by atoms with Crippen LogP contribution >= 0.6 is 15.9 Å².